The van der Waals surface area contributed by atoms with Crippen LogP contribution in [-0.4, -0.2) is 30.0 Å². The van der Waals surface area contributed by atoms with Crippen LogP contribution in [0.25, 0.3) is 21.8 Å². The van der Waals surface area contributed by atoms with Crippen LogP contribution in [0.1, 0.15) is 16.1 Å². The molecule has 4 rings (SSSR count). The summed E-state index contributed by atoms with van der Waals surface area (Å²) in [6.07, 6.45) is 1.86. The molecule has 5 heteroatoms. The van der Waals surface area contributed by atoms with Gasteiger partial charge in [0, 0.05) is 39.6 Å². The van der Waals surface area contributed by atoms with Gasteiger partial charge in [0.25, 0.3) is 0 Å². The van der Waals surface area contributed by atoms with E-state index in [2.05, 4.69) is 9.97 Å². The summed E-state index contributed by atoms with van der Waals surface area (Å²) in [7, 11) is 3.18. The number of methoxy groups -OCH3 is 2. The van der Waals surface area contributed by atoms with E-state index in [0.717, 1.165) is 21.8 Å². The van der Waals surface area contributed by atoms with Gasteiger partial charge in [-0.1, -0.05) is 0 Å². The van der Waals surface area contributed by atoms with Crippen molar-refractivity contribution in [3.8, 4) is 11.5 Å². The Bertz CT molecular complexity index is 1020. The number of fused-ring (bicyclic) bond motifs is 2. The molecule has 0 spiro atoms. The van der Waals surface area contributed by atoms with Crippen molar-refractivity contribution < 1.29 is 14.3 Å². The van der Waals surface area contributed by atoms with Crippen LogP contribution in [0.2, 0.25) is 0 Å². The van der Waals surface area contributed by atoms with Crippen molar-refractivity contribution in [2.75, 3.05) is 14.2 Å². The van der Waals surface area contributed by atoms with Crippen LogP contribution in [0, 0.1) is 0 Å². The number of aromatic amines is 2. The zero-order valence-corrected chi connectivity index (χ0v) is 13.3. The molecule has 0 amide bonds. The second-order valence-electron chi connectivity index (χ2n) is 5.59. The van der Waals surface area contributed by atoms with Gasteiger partial charge in [-0.15, -0.1) is 0 Å². The Morgan fingerprint density at radius 1 is 0.875 bits per heavy atom. The number of aromatic nitrogens is 2. The minimum absolute atomic E-state index is 0.0489. The van der Waals surface area contributed by atoms with Crippen molar-refractivity contribution in [2.45, 2.75) is 0 Å². The lowest BCUT2D eigenvalue weighted by atomic mass is 10.1. The maximum atomic E-state index is 12.8. The first kappa shape index (κ1) is 14.4. The van der Waals surface area contributed by atoms with Gasteiger partial charge in [-0.05, 0) is 36.4 Å². The normalized spacial score (nSPS) is 11.1. The average Bonchev–Trinajstić information content (AvgIpc) is 3.24. The van der Waals surface area contributed by atoms with Crippen molar-refractivity contribution in [3.05, 3.63) is 59.9 Å². The van der Waals surface area contributed by atoms with E-state index in [4.69, 9.17) is 9.47 Å². The summed E-state index contributed by atoms with van der Waals surface area (Å²) in [6.45, 7) is 0. The number of benzene rings is 2. The predicted molar refractivity (Wildman–Crippen MR) is 93.1 cm³/mol. The topological polar surface area (TPSA) is 67.1 Å². The molecular weight excluding hydrogens is 304 g/mol. The van der Waals surface area contributed by atoms with Gasteiger partial charge in [-0.2, -0.15) is 0 Å². The van der Waals surface area contributed by atoms with E-state index < -0.39 is 0 Å². The zero-order valence-electron chi connectivity index (χ0n) is 13.3. The molecule has 2 heterocycles. The Morgan fingerprint density at radius 2 is 1.67 bits per heavy atom. The summed E-state index contributed by atoms with van der Waals surface area (Å²) in [5.74, 6) is 1.21. The highest BCUT2D eigenvalue weighted by Gasteiger charge is 2.15. The Morgan fingerprint density at radius 3 is 2.46 bits per heavy atom. The van der Waals surface area contributed by atoms with Gasteiger partial charge >= 0.3 is 0 Å². The lowest BCUT2D eigenvalue weighted by Gasteiger charge is -2.06. The van der Waals surface area contributed by atoms with E-state index in [1.165, 1.54) is 0 Å². The molecule has 0 aliphatic rings. The van der Waals surface area contributed by atoms with Gasteiger partial charge < -0.3 is 19.4 Å². The summed E-state index contributed by atoms with van der Waals surface area (Å²) < 4.78 is 10.6. The minimum atomic E-state index is -0.0489. The van der Waals surface area contributed by atoms with Crippen LogP contribution in [0.3, 0.4) is 0 Å². The molecule has 0 radical (unpaired) electrons. The van der Waals surface area contributed by atoms with Crippen molar-refractivity contribution in [1.82, 2.24) is 9.97 Å². The average molecular weight is 320 g/mol. The van der Waals surface area contributed by atoms with Crippen LogP contribution in [0.5, 0.6) is 11.5 Å². The van der Waals surface area contributed by atoms with Gasteiger partial charge in [0.1, 0.15) is 0 Å². The summed E-state index contributed by atoms with van der Waals surface area (Å²) in [4.78, 5) is 19.1. The third-order valence-electron chi connectivity index (χ3n) is 4.18. The maximum absolute atomic E-state index is 12.8. The molecule has 24 heavy (non-hydrogen) atoms. The molecule has 0 atom stereocenters. The Balaban J connectivity index is 1.78. The molecule has 0 aliphatic heterocycles. The van der Waals surface area contributed by atoms with Crippen LogP contribution >= 0.6 is 0 Å². The number of ketones is 1. The number of H-pyrrole nitrogens is 2. The standard InChI is InChI=1S/C19H16N2O3/c1-23-17-9-13-8-16(21-15(13)10-18(17)24-2)19(22)12-3-4-14-11(7-12)5-6-20-14/h3-10,20-21H,1-2H3. The quantitative estimate of drug-likeness (QED) is 0.560. The van der Waals surface area contributed by atoms with Gasteiger partial charge in [-0.3, -0.25) is 4.79 Å². The highest BCUT2D eigenvalue weighted by molar-refractivity contribution is 6.11. The number of carbonyl (C=O) groups excluding carboxylic acids is 1. The monoisotopic (exact) mass is 320 g/mol. The largest absolute Gasteiger partial charge is 0.493 e. The molecule has 0 aliphatic carbocycles. The Hall–Kier alpha value is -3.21. The number of hydrogen-bond acceptors (Lipinski definition) is 3. The van der Waals surface area contributed by atoms with Gasteiger partial charge in [0.05, 0.1) is 19.9 Å². The first-order chi connectivity index (χ1) is 11.7. The summed E-state index contributed by atoms with van der Waals surface area (Å²) in [6, 6.07) is 13.1. The van der Waals surface area contributed by atoms with Crippen molar-refractivity contribution >= 4 is 27.6 Å². The van der Waals surface area contributed by atoms with Gasteiger partial charge in [-0.25, -0.2) is 0 Å². The van der Waals surface area contributed by atoms with Crippen molar-refractivity contribution in [3.63, 3.8) is 0 Å². The van der Waals surface area contributed by atoms with E-state index in [0.29, 0.717) is 22.8 Å². The molecule has 120 valence electrons. The fraction of sp³-hybridized carbons (Fsp3) is 0.105. The van der Waals surface area contributed by atoms with E-state index in [9.17, 15) is 4.79 Å². The molecule has 0 saturated carbocycles. The number of rotatable bonds is 4. The SMILES string of the molecule is COc1cc2cc(C(=O)c3ccc4[nH]ccc4c3)[nH]c2cc1OC. The van der Waals surface area contributed by atoms with Gasteiger partial charge in [0.2, 0.25) is 5.78 Å². The second-order valence-corrected chi connectivity index (χ2v) is 5.59. The van der Waals surface area contributed by atoms with Crippen LogP contribution < -0.4 is 9.47 Å². The first-order valence-electron chi connectivity index (χ1n) is 7.56. The number of nitrogens with one attached hydrogen (secondary N) is 2. The van der Waals surface area contributed by atoms with E-state index in [1.54, 1.807) is 14.2 Å². The zero-order chi connectivity index (χ0) is 16.7. The third-order valence-corrected chi connectivity index (χ3v) is 4.18. The molecule has 0 saturated heterocycles. The van der Waals surface area contributed by atoms with Crippen LogP contribution in [0.4, 0.5) is 0 Å². The lowest BCUT2D eigenvalue weighted by Crippen LogP contribution is -2.01. The number of ether oxygens (including phenoxy) is 2. The van der Waals surface area contributed by atoms with Crippen LogP contribution in [-0.2, 0) is 0 Å². The second kappa shape index (κ2) is 5.45. The predicted octanol–water partition coefficient (Wildman–Crippen LogP) is 3.90. The molecule has 2 N–H and O–H groups in total. The van der Waals surface area contributed by atoms with E-state index in [1.807, 2.05) is 48.7 Å². The lowest BCUT2D eigenvalue weighted by molar-refractivity contribution is 0.103. The molecule has 2 aromatic heterocycles. The smallest absolute Gasteiger partial charge is 0.209 e. The molecule has 0 fully saturated rings. The third kappa shape index (κ3) is 2.22. The Labute approximate surface area is 138 Å². The highest BCUT2D eigenvalue weighted by Crippen LogP contribution is 2.32. The highest BCUT2D eigenvalue weighted by atomic mass is 16.5. The fourth-order valence-electron chi connectivity index (χ4n) is 2.93. The summed E-state index contributed by atoms with van der Waals surface area (Å²) in [5, 5.41) is 1.92. The Kier molecular flexibility index (Phi) is 3.27. The van der Waals surface area contributed by atoms with E-state index in [-0.39, 0.29) is 5.78 Å². The molecule has 4 aromatic rings. The van der Waals surface area contributed by atoms with Crippen molar-refractivity contribution in [1.29, 1.82) is 0 Å². The van der Waals surface area contributed by atoms with Crippen molar-refractivity contribution in [2.24, 2.45) is 0 Å². The van der Waals surface area contributed by atoms with Crippen LogP contribution in [0.15, 0.2) is 48.7 Å². The summed E-state index contributed by atoms with van der Waals surface area (Å²) >= 11 is 0. The molecule has 0 bridgehead atoms. The first-order valence-corrected chi connectivity index (χ1v) is 7.56. The number of hydrogen-bond donors (Lipinski definition) is 2. The summed E-state index contributed by atoms with van der Waals surface area (Å²) in [5.41, 5.74) is 3.03. The molecule has 5 nitrogen and oxygen atoms in total. The minimum Gasteiger partial charge on any atom is -0.493 e. The van der Waals surface area contributed by atoms with E-state index >= 15 is 0 Å². The maximum Gasteiger partial charge on any atom is 0.209 e. The number of carbonyl (C=O) groups is 1. The molecule has 2 aromatic carbocycles. The molecular formula is C19H16N2O3. The fourth-order valence-corrected chi connectivity index (χ4v) is 2.93. The van der Waals surface area contributed by atoms with Gasteiger partial charge in [0.15, 0.2) is 11.5 Å². The molecule has 0 unspecified atom stereocenters.